The molecule has 0 bridgehead atoms. The number of hydrogen-bond acceptors (Lipinski definition) is 3. The molecule has 1 aliphatic rings. The highest BCUT2D eigenvalue weighted by atomic mass is 16.5. The molecule has 6 nitrogen and oxygen atoms in total. The Labute approximate surface area is 185 Å². The minimum Gasteiger partial charge on any atom is -0.376 e. The van der Waals surface area contributed by atoms with Gasteiger partial charge in [0.25, 0.3) is 5.91 Å². The highest BCUT2D eigenvalue weighted by Gasteiger charge is 2.25. The maximum absolute atomic E-state index is 12.3. The molecular formula is C25H34N4O2. The molecule has 1 heterocycles. The van der Waals surface area contributed by atoms with Crippen LogP contribution in [0.4, 0.5) is 0 Å². The maximum atomic E-state index is 12.3. The van der Waals surface area contributed by atoms with Gasteiger partial charge in [-0.1, -0.05) is 48.0 Å². The molecule has 1 aliphatic heterocycles. The van der Waals surface area contributed by atoms with Gasteiger partial charge in [-0.05, 0) is 38.0 Å². The average Bonchev–Trinajstić information content (AvgIpc) is 3.25. The minimum absolute atomic E-state index is 0.0549. The number of guanidine groups is 1. The van der Waals surface area contributed by atoms with Crippen molar-refractivity contribution in [3.63, 3.8) is 0 Å². The molecule has 6 heteroatoms. The van der Waals surface area contributed by atoms with Crippen LogP contribution in [-0.4, -0.2) is 56.1 Å². The van der Waals surface area contributed by atoms with Gasteiger partial charge in [0.15, 0.2) is 5.96 Å². The van der Waals surface area contributed by atoms with Crippen LogP contribution in [0.5, 0.6) is 0 Å². The van der Waals surface area contributed by atoms with Crippen LogP contribution in [0.3, 0.4) is 0 Å². The number of amides is 1. The van der Waals surface area contributed by atoms with Crippen molar-refractivity contribution in [2.45, 2.75) is 26.9 Å². The zero-order chi connectivity index (χ0) is 21.9. The lowest BCUT2D eigenvalue weighted by molar-refractivity contribution is 0.0906. The number of benzene rings is 2. The average molecular weight is 423 g/mol. The summed E-state index contributed by atoms with van der Waals surface area (Å²) in [7, 11) is 0. The normalized spacial score (nSPS) is 16.4. The van der Waals surface area contributed by atoms with E-state index in [2.05, 4.69) is 34.6 Å². The molecule has 3 rings (SSSR count). The molecule has 2 aromatic carbocycles. The van der Waals surface area contributed by atoms with E-state index in [4.69, 9.17) is 9.73 Å². The number of hydrogen-bond donors (Lipinski definition) is 2. The lowest BCUT2D eigenvalue weighted by Gasteiger charge is -2.21. The van der Waals surface area contributed by atoms with Crippen molar-refractivity contribution in [1.82, 2.24) is 15.5 Å². The molecule has 1 saturated heterocycles. The molecule has 0 aliphatic carbocycles. The van der Waals surface area contributed by atoms with Gasteiger partial charge in [0.2, 0.25) is 0 Å². The third-order valence-electron chi connectivity index (χ3n) is 5.32. The Kier molecular flexibility index (Phi) is 8.91. The third-order valence-corrected chi connectivity index (χ3v) is 5.32. The van der Waals surface area contributed by atoms with Gasteiger partial charge in [0.1, 0.15) is 0 Å². The zero-order valence-electron chi connectivity index (χ0n) is 18.6. The molecule has 1 amide bonds. The summed E-state index contributed by atoms with van der Waals surface area (Å²) in [6.45, 7) is 9.27. The van der Waals surface area contributed by atoms with Gasteiger partial charge in [-0.2, -0.15) is 0 Å². The quantitative estimate of drug-likeness (QED) is 0.370. The Hall–Kier alpha value is -2.86. The molecule has 0 radical (unpaired) electrons. The van der Waals surface area contributed by atoms with Crippen molar-refractivity contribution < 1.29 is 9.53 Å². The second kappa shape index (κ2) is 12.1. The van der Waals surface area contributed by atoms with Gasteiger partial charge in [0, 0.05) is 37.7 Å². The summed E-state index contributed by atoms with van der Waals surface area (Å²) >= 11 is 0. The number of carbonyl (C=O) groups is 1. The van der Waals surface area contributed by atoms with Gasteiger partial charge in [-0.3, -0.25) is 9.79 Å². The van der Waals surface area contributed by atoms with E-state index in [1.807, 2.05) is 49.4 Å². The molecule has 0 aromatic heterocycles. The summed E-state index contributed by atoms with van der Waals surface area (Å²) in [5.74, 6) is 1.37. The summed E-state index contributed by atoms with van der Waals surface area (Å²) in [5.41, 5.74) is 2.98. The second-order valence-corrected chi connectivity index (χ2v) is 7.96. The Morgan fingerprint density at radius 1 is 1.16 bits per heavy atom. The second-order valence-electron chi connectivity index (χ2n) is 7.96. The van der Waals surface area contributed by atoms with Gasteiger partial charge < -0.3 is 20.3 Å². The number of carbonyl (C=O) groups excluding carboxylic acids is 1. The van der Waals surface area contributed by atoms with E-state index in [9.17, 15) is 4.79 Å². The summed E-state index contributed by atoms with van der Waals surface area (Å²) in [6.07, 6.45) is 1.10. The smallest absolute Gasteiger partial charge is 0.251 e. The van der Waals surface area contributed by atoms with Crippen molar-refractivity contribution in [3.05, 3.63) is 71.3 Å². The number of aliphatic imine (C=N–C) groups is 1. The number of nitrogens with one attached hydrogen (secondary N) is 2. The predicted octanol–water partition coefficient (Wildman–Crippen LogP) is 3.23. The fourth-order valence-corrected chi connectivity index (χ4v) is 3.72. The summed E-state index contributed by atoms with van der Waals surface area (Å²) in [5, 5.41) is 6.33. The van der Waals surface area contributed by atoms with E-state index in [1.165, 1.54) is 5.56 Å². The van der Waals surface area contributed by atoms with E-state index < -0.39 is 0 Å². The van der Waals surface area contributed by atoms with Crippen LogP contribution in [0.15, 0.2) is 59.6 Å². The summed E-state index contributed by atoms with van der Waals surface area (Å²) in [6, 6.07) is 17.9. The number of ether oxygens (including phenoxy) is 1. The Balaban J connectivity index is 1.42. The molecule has 1 unspecified atom stereocenters. The van der Waals surface area contributed by atoms with Crippen molar-refractivity contribution in [3.8, 4) is 0 Å². The van der Waals surface area contributed by atoms with Crippen molar-refractivity contribution >= 4 is 11.9 Å². The highest BCUT2D eigenvalue weighted by molar-refractivity contribution is 5.94. The molecular weight excluding hydrogens is 388 g/mol. The monoisotopic (exact) mass is 422 g/mol. The summed E-state index contributed by atoms with van der Waals surface area (Å²) < 4.78 is 5.93. The van der Waals surface area contributed by atoms with Crippen LogP contribution in [0.1, 0.15) is 34.8 Å². The van der Waals surface area contributed by atoms with Crippen molar-refractivity contribution in [2.24, 2.45) is 10.9 Å². The first-order valence-corrected chi connectivity index (χ1v) is 11.2. The SMILES string of the molecule is CCNC(=NCCNC(=O)c1cccc(C)c1)N1CCC(COCc2ccccc2)C1. The minimum atomic E-state index is -0.0549. The van der Waals surface area contributed by atoms with Crippen LogP contribution >= 0.6 is 0 Å². The van der Waals surface area contributed by atoms with Crippen molar-refractivity contribution in [1.29, 1.82) is 0 Å². The third kappa shape index (κ3) is 7.40. The first-order chi connectivity index (χ1) is 15.2. The first-order valence-electron chi connectivity index (χ1n) is 11.2. The van der Waals surface area contributed by atoms with E-state index in [-0.39, 0.29) is 5.91 Å². The molecule has 0 saturated carbocycles. The Morgan fingerprint density at radius 3 is 2.77 bits per heavy atom. The standard InChI is InChI=1S/C25H34N4O2/c1-3-26-25(28-14-13-27-24(30)23-11-7-8-20(2)16-23)29-15-12-22(17-29)19-31-18-21-9-5-4-6-10-21/h4-11,16,22H,3,12-15,17-19H2,1-2H3,(H,26,28)(H,27,30). The predicted molar refractivity (Wildman–Crippen MR) is 125 cm³/mol. The van der Waals surface area contributed by atoms with Crippen molar-refractivity contribution in [2.75, 3.05) is 39.3 Å². The zero-order valence-corrected chi connectivity index (χ0v) is 18.6. The number of rotatable bonds is 9. The van der Waals surface area contributed by atoms with Crippen LogP contribution in [-0.2, 0) is 11.3 Å². The fourth-order valence-electron chi connectivity index (χ4n) is 3.72. The molecule has 1 fully saturated rings. The summed E-state index contributed by atoms with van der Waals surface area (Å²) in [4.78, 5) is 19.3. The highest BCUT2D eigenvalue weighted by Crippen LogP contribution is 2.17. The Bertz CT molecular complexity index is 854. The van der Waals surface area contributed by atoms with Gasteiger partial charge >= 0.3 is 0 Å². The van der Waals surface area contributed by atoms with Crippen LogP contribution in [0.2, 0.25) is 0 Å². The van der Waals surface area contributed by atoms with E-state index >= 15 is 0 Å². The van der Waals surface area contributed by atoms with Crippen LogP contribution < -0.4 is 10.6 Å². The largest absolute Gasteiger partial charge is 0.376 e. The molecule has 166 valence electrons. The number of nitrogens with zero attached hydrogens (tertiary/aromatic N) is 2. The van der Waals surface area contributed by atoms with Gasteiger partial charge in [-0.15, -0.1) is 0 Å². The molecule has 0 spiro atoms. The molecule has 1 atom stereocenters. The fraction of sp³-hybridized carbons (Fsp3) is 0.440. The first kappa shape index (κ1) is 22.8. The van der Waals surface area contributed by atoms with Crippen LogP contribution in [0, 0.1) is 12.8 Å². The Morgan fingerprint density at radius 2 is 2.00 bits per heavy atom. The van der Waals surface area contributed by atoms with Gasteiger partial charge in [-0.25, -0.2) is 0 Å². The number of likely N-dealkylation sites (tertiary alicyclic amines) is 1. The van der Waals surface area contributed by atoms with E-state index in [1.54, 1.807) is 0 Å². The lowest BCUT2D eigenvalue weighted by Crippen LogP contribution is -2.40. The topological polar surface area (TPSA) is 66.0 Å². The van der Waals surface area contributed by atoms with E-state index in [0.29, 0.717) is 31.2 Å². The lowest BCUT2D eigenvalue weighted by atomic mass is 10.1. The molecule has 2 aromatic rings. The van der Waals surface area contributed by atoms with E-state index in [0.717, 1.165) is 44.2 Å². The number of aryl methyl sites for hydroxylation is 1. The molecule has 31 heavy (non-hydrogen) atoms. The maximum Gasteiger partial charge on any atom is 0.251 e. The van der Waals surface area contributed by atoms with Crippen LogP contribution in [0.25, 0.3) is 0 Å². The van der Waals surface area contributed by atoms with Gasteiger partial charge in [0.05, 0.1) is 19.8 Å². The molecule has 2 N–H and O–H groups in total.